The van der Waals surface area contributed by atoms with E-state index >= 15 is 0 Å². The lowest BCUT2D eigenvalue weighted by Crippen LogP contribution is -2.36. The fourth-order valence-electron chi connectivity index (χ4n) is 1.49. The van der Waals surface area contributed by atoms with Crippen LogP contribution >= 0.6 is 11.6 Å². The van der Waals surface area contributed by atoms with Crippen molar-refractivity contribution in [1.29, 1.82) is 0 Å². The summed E-state index contributed by atoms with van der Waals surface area (Å²) in [5.74, 6) is 0.958. The number of aromatic amines is 1. The van der Waals surface area contributed by atoms with Gasteiger partial charge in [-0.25, -0.2) is 4.98 Å². The molecule has 19 heavy (non-hydrogen) atoms. The van der Waals surface area contributed by atoms with Crippen LogP contribution < -0.4 is 10.1 Å². The number of halogens is 1. The van der Waals surface area contributed by atoms with Crippen molar-refractivity contribution in [3.8, 4) is 5.75 Å². The summed E-state index contributed by atoms with van der Waals surface area (Å²) in [5.41, 5.74) is 0. The molecule has 5 nitrogen and oxygen atoms in total. The molecule has 1 atom stereocenters. The Morgan fingerprint density at radius 3 is 3.00 bits per heavy atom. The Labute approximate surface area is 116 Å². The highest BCUT2D eigenvalue weighted by atomic mass is 35.5. The maximum absolute atomic E-state index is 11.8. The normalized spacial score (nSPS) is 11.9. The van der Waals surface area contributed by atoms with Crippen LogP contribution in [-0.4, -0.2) is 22.0 Å². The molecule has 0 spiro atoms. The molecule has 2 rings (SSSR count). The Kier molecular flexibility index (Phi) is 4.41. The lowest BCUT2D eigenvalue weighted by Gasteiger charge is -2.15. The van der Waals surface area contributed by atoms with E-state index in [9.17, 15) is 4.79 Å². The first-order valence-electron chi connectivity index (χ1n) is 5.84. The zero-order chi connectivity index (χ0) is 13.7. The van der Waals surface area contributed by atoms with Gasteiger partial charge in [0.25, 0.3) is 5.91 Å². The third-order valence-corrected chi connectivity index (χ3v) is 2.81. The number of hydrogen-bond donors (Lipinski definition) is 2. The number of hydrogen-bond acceptors (Lipinski definition) is 3. The molecule has 2 N–H and O–H groups in total. The van der Waals surface area contributed by atoms with E-state index in [1.54, 1.807) is 43.6 Å². The zero-order valence-electron chi connectivity index (χ0n) is 10.4. The van der Waals surface area contributed by atoms with Gasteiger partial charge in [0.2, 0.25) is 0 Å². The van der Waals surface area contributed by atoms with Gasteiger partial charge in [0.05, 0.1) is 11.6 Å². The van der Waals surface area contributed by atoms with E-state index in [-0.39, 0.29) is 5.91 Å². The van der Waals surface area contributed by atoms with E-state index in [0.717, 1.165) is 0 Å². The number of imidazole rings is 1. The fourth-order valence-corrected chi connectivity index (χ4v) is 1.67. The van der Waals surface area contributed by atoms with Crippen molar-refractivity contribution in [2.45, 2.75) is 19.6 Å². The standard InChI is InChI=1S/C13H14ClN3O2/c1-9(19-11-5-3-2-4-10(11)14)13(18)17-8-12-15-6-7-16-12/h2-7,9H,8H2,1H3,(H,15,16)(H,17,18). The number of H-pyrrole nitrogens is 1. The highest BCUT2D eigenvalue weighted by molar-refractivity contribution is 6.32. The van der Waals surface area contributed by atoms with E-state index in [2.05, 4.69) is 15.3 Å². The molecule has 0 bridgehead atoms. The third kappa shape index (κ3) is 3.72. The summed E-state index contributed by atoms with van der Waals surface area (Å²) < 4.78 is 5.50. The minimum absolute atomic E-state index is 0.226. The Hall–Kier alpha value is -2.01. The molecule has 1 unspecified atom stereocenters. The number of ether oxygens (including phenoxy) is 1. The molecule has 0 aliphatic carbocycles. The number of rotatable bonds is 5. The van der Waals surface area contributed by atoms with Gasteiger partial charge < -0.3 is 15.0 Å². The van der Waals surface area contributed by atoms with Gasteiger partial charge in [-0.1, -0.05) is 23.7 Å². The van der Waals surface area contributed by atoms with Crippen LogP contribution in [0.1, 0.15) is 12.7 Å². The monoisotopic (exact) mass is 279 g/mol. The first kappa shape index (κ1) is 13.4. The lowest BCUT2D eigenvalue weighted by molar-refractivity contribution is -0.127. The number of aromatic nitrogens is 2. The molecule has 0 aliphatic rings. The van der Waals surface area contributed by atoms with Gasteiger partial charge in [0.1, 0.15) is 11.6 Å². The third-order valence-electron chi connectivity index (χ3n) is 2.49. The Morgan fingerprint density at radius 1 is 1.53 bits per heavy atom. The predicted octanol–water partition coefficient (Wildman–Crippen LogP) is 2.15. The van der Waals surface area contributed by atoms with Gasteiger partial charge in [0.15, 0.2) is 6.10 Å². The fraction of sp³-hybridized carbons (Fsp3) is 0.231. The minimum atomic E-state index is -0.630. The largest absolute Gasteiger partial charge is 0.479 e. The molecule has 6 heteroatoms. The van der Waals surface area contributed by atoms with Gasteiger partial charge in [-0.15, -0.1) is 0 Å². The summed E-state index contributed by atoms with van der Waals surface area (Å²) >= 11 is 5.96. The second-order valence-electron chi connectivity index (χ2n) is 3.94. The van der Waals surface area contributed by atoms with Crippen LogP contribution in [0.2, 0.25) is 5.02 Å². The summed E-state index contributed by atoms with van der Waals surface area (Å²) in [6, 6.07) is 7.04. The van der Waals surface area contributed by atoms with Crippen LogP contribution in [0.25, 0.3) is 0 Å². The van der Waals surface area contributed by atoms with E-state index in [0.29, 0.717) is 23.1 Å². The van der Waals surface area contributed by atoms with Crippen LogP contribution in [0.4, 0.5) is 0 Å². The second kappa shape index (κ2) is 6.24. The van der Waals surface area contributed by atoms with Crippen LogP contribution in [-0.2, 0) is 11.3 Å². The van der Waals surface area contributed by atoms with Gasteiger partial charge in [-0.3, -0.25) is 4.79 Å². The minimum Gasteiger partial charge on any atom is -0.479 e. The van der Waals surface area contributed by atoms with E-state index in [1.165, 1.54) is 0 Å². The Bertz CT molecular complexity index is 543. The summed E-state index contributed by atoms with van der Waals surface area (Å²) in [7, 11) is 0. The molecule has 0 saturated heterocycles. The highest BCUT2D eigenvalue weighted by Crippen LogP contribution is 2.24. The van der Waals surface area contributed by atoms with Gasteiger partial charge in [0, 0.05) is 12.4 Å². The number of amides is 1. The maximum atomic E-state index is 11.8. The van der Waals surface area contributed by atoms with Crippen LogP contribution in [0, 0.1) is 0 Å². The second-order valence-corrected chi connectivity index (χ2v) is 4.35. The van der Waals surface area contributed by atoms with E-state index in [1.807, 2.05) is 0 Å². The molecule has 0 aliphatic heterocycles. The predicted molar refractivity (Wildman–Crippen MR) is 72.0 cm³/mol. The molecule has 1 aromatic heterocycles. The number of carbonyl (C=O) groups excluding carboxylic acids is 1. The molecular weight excluding hydrogens is 266 g/mol. The van der Waals surface area contributed by atoms with Crippen molar-refractivity contribution in [2.75, 3.05) is 0 Å². The maximum Gasteiger partial charge on any atom is 0.261 e. The molecule has 2 aromatic rings. The Balaban J connectivity index is 1.87. The van der Waals surface area contributed by atoms with Crippen molar-refractivity contribution in [2.24, 2.45) is 0 Å². The van der Waals surface area contributed by atoms with Crippen molar-refractivity contribution in [1.82, 2.24) is 15.3 Å². The van der Waals surface area contributed by atoms with Crippen molar-refractivity contribution >= 4 is 17.5 Å². The summed E-state index contributed by atoms with van der Waals surface area (Å²) in [6.45, 7) is 2.00. The summed E-state index contributed by atoms with van der Waals surface area (Å²) in [5, 5.41) is 3.20. The number of para-hydroxylation sites is 1. The number of benzene rings is 1. The average molecular weight is 280 g/mol. The van der Waals surface area contributed by atoms with Crippen molar-refractivity contribution in [3.63, 3.8) is 0 Å². The molecular formula is C13H14ClN3O2. The number of nitrogens with zero attached hydrogens (tertiary/aromatic N) is 1. The zero-order valence-corrected chi connectivity index (χ0v) is 11.1. The number of nitrogens with one attached hydrogen (secondary N) is 2. The molecule has 1 amide bonds. The van der Waals surface area contributed by atoms with E-state index in [4.69, 9.17) is 16.3 Å². The molecule has 0 radical (unpaired) electrons. The lowest BCUT2D eigenvalue weighted by atomic mass is 10.3. The summed E-state index contributed by atoms with van der Waals surface area (Å²) in [6.07, 6.45) is 2.70. The number of carbonyl (C=O) groups is 1. The van der Waals surface area contributed by atoms with Crippen LogP contribution in [0.5, 0.6) is 5.75 Å². The van der Waals surface area contributed by atoms with E-state index < -0.39 is 6.10 Å². The highest BCUT2D eigenvalue weighted by Gasteiger charge is 2.15. The van der Waals surface area contributed by atoms with Gasteiger partial charge >= 0.3 is 0 Å². The summed E-state index contributed by atoms with van der Waals surface area (Å²) in [4.78, 5) is 18.7. The molecule has 0 saturated carbocycles. The quantitative estimate of drug-likeness (QED) is 0.881. The smallest absolute Gasteiger partial charge is 0.261 e. The SMILES string of the molecule is CC(Oc1ccccc1Cl)C(=O)NCc1ncc[nH]1. The van der Waals surface area contributed by atoms with Crippen LogP contribution in [0.15, 0.2) is 36.7 Å². The average Bonchev–Trinajstić information content (AvgIpc) is 2.91. The van der Waals surface area contributed by atoms with Crippen molar-refractivity contribution in [3.05, 3.63) is 47.5 Å². The molecule has 0 fully saturated rings. The molecule has 1 heterocycles. The van der Waals surface area contributed by atoms with Gasteiger partial charge in [-0.2, -0.15) is 0 Å². The van der Waals surface area contributed by atoms with Crippen LogP contribution in [0.3, 0.4) is 0 Å². The first-order chi connectivity index (χ1) is 9.16. The topological polar surface area (TPSA) is 67.0 Å². The molecule has 1 aromatic carbocycles. The first-order valence-corrected chi connectivity index (χ1v) is 6.22. The molecule has 100 valence electrons. The van der Waals surface area contributed by atoms with Gasteiger partial charge in [-0.05, 0) is 19.1 Å². The Morgan fingerprint density at radius 2 is 2.32 bits per heavy atom. The van der Waals surface area contributed by atoms with Crippen molar-refractivity contribution < 1.29 is 9.53 Å².